The molecule has 1 unspecified atom stereocenters. The fourth-order valence-electron chi connectivity index (χ4n) is 5.10. The van der Waals surface area contributed by atoms with Crippen molar-refractivity contribution in [1.29, 1.82) is 0 Å². The molecule has 0 aromatic rings. The van der Waals surface area contributed by atoms with Crippen LogP contribution in [0.3, 0.4) is 0 Å². The van der Waals surface area contributed by atoms with Crippen molar-refractivity contribution in [2.75, 3.05) is 72.0 Å². The van der Waals surface area contributed by atoms with Gasteiger partial charge >= 0.3 is 0 Å². The molecule has 186 valence electrons. The minimum absolute atomic E-state index is 0. The van der Waals surface area contributed by atoms with Gasteiger partial charge in [-0.1, -0.05) is 12.8 Å². The van der Waals surface area contributed by atoms with E-state index >= 15 is 0 Å². The molecule has 3 fully saturated rings. The van der Waals surface area contributed by atoms with E-state index in [9.17, 15) is 4.79 Å². The fraction of sp³-hybridized carbons (Fsp3) is 0.917. The highest BCUT2D eigenvalue weighted by Crippen LogP contribution is 2.14. The van der Waals surface area contributed by atoms with E-state index in [2.05, 4.69) is 33.9 Å². The Balaban J connectivity index is 0.00000363. The van der Waals surface area contributed by atoms with Gasteiger partial charge in [0.05, 0.1) is 6.04 Å². The second-order valence-corrected chi connectivity index (χ2v) is 9.43. The van der Waals surface area contributed by atoms with E-state index < -0.39 is 0 Å². The summed E-state index contributed by atoms with van der Waals surface area (Å²) in [5, 5.41) is 3.48. The van der Waals surface area contributed by atoms with Crippen molar-refractivity contribution in [1.82, 2.24) is 24.9 Å². The SMILES string of the molecule is CCNC(=NCCCCCN1CCCCC1)N1CCN(C(C)C(=O)N2CCCC2)CC1.I. The third kappa shape index (κ3) is 8.63. The highest BCUT2D eigenvalue weighted by Gasteiger charge is 2.30. The minimum Gasteiger partial charge on any atom is -0.357 e. The molecule has 3 aliphatic rings. The third-order valence-electron chi connectivity index (χ3n) is 7.11. The van der Waals surface area contributed by atoms with Crippen LogP contribution < -0.4 is 5.32 Å². The smallest absolute Gasteiger partial charge is 0.239 e. The number of hydrogen-bond acceptors (Lipinski definition) is 4. The average Bonchev–Trinajstić information content (AvgIpc) is 3.35. The number of piperidine rings is 1. The summed E-state index contributed by atoms with van der Waals surface area (Å²) in [5.41, 5.74) is 0. The molecule has 0 aromatic heterocycles. The quantitative estimate of drug-likeness (QED) is 0.203. The average molecular weight is 563 g/mol. The standard InChI is InChI=1S/C24H46N6O.HI/c1-3-25-24(26-12-6-4-7-13-27-14-8-5-9-15-27)30-20-18-28(19-21-30)22(2)23(31)29-16-10-11-17-29;/h22H,3-21H2,1-2H3,(H,25,26);1H. The molecule has 7 nitrogen and oxygen atoms in total. The maximum Gasteiger partial charge on any atom is 0.239 e. The number of amides is 1. The van der Waals surface area contributed by atoms with Crippen molar-refractivity contribution in [2.45, 2.75) is 71.3 Å². The normalized spacial score (nSPS) is 22.0. The number of carbonyl (C=O) groups is 1. The van der Waals surface area contributed by atoms with Crippen LogP contribution in [-0.2, 0) is 4.79 Å². The fourth-order valence-corrected chi connectivity index (χ4v) is 5.10. The van der Waals surface area contributed by atoms with E-state index in [4.69, 9.17) is 4.99 Å². The van der Waals surface area contributed by atoms with Gasteiger partial charge < -0.3 is 20.0 Å². The molecule has 8 heteroatoms. The van der Waals surface area contributed by atoms with Crippen LogP contribution in [0.25, 0.3) is 0 Å². The Kier molecular flexibility index (Phi) is 13.2. The van der Waals surface area contributed by atoms with Gasteiger partial charge in [0.1, 0.15) is 0 Å². The lowest BCUT2D eigenvalue weighted by Gasteiger charge is -2.39. The molecule has 1 atom stereocenters. The summed E-state index contributed by atoms with van der Waals surface area (Å²) < 4.78 is 0. The Labute approximate surface area is 213 Å². The molecule has 3 saturated heterocycles. The molecule has 0 spiro atoms. The van der Waals surface area contributed by atoms with Crippen LogP contribution >= 0.6 is 24.0 Å². The van der Waals surface area contributed by atoms with Crippen molar-refractivity contribution in [3.63, 3.8) is 0 Å². The largest absolute Gasteiger partial charge is 0.357 e. The van der Waals surface area contributed by atoms with Crippen molar-refractivity contribution in [3.05, 3.63) is 0 Å². The molecule has 0 aliphatic carbocycles. The number of nitrogens with zero attached hydrogens (tertiary/aromatic N) is 5. The molecule has 3 rings (SSSR count). The summed E-state index contributed by atoms with van der Waals surface area (Å²) in [5.74, 6) is 1.37. The van der Waals surface area contributed by atoms with E-state index in [1.165, 1.54) is 58.2 Å². The second-order valence-electron chi connectivity index (χ2n) is 9.43. The predicted octanol–water partition coefficient (Wildman–Crippen LogP) is 2.85. The van der Waals surface area contributed by atoms with E-state index in [0.717, 1.165) is 71.2 Å². The Morgan fingerprint density at radius 3 is 2.16 bits per heavy atom. The molecule has 32 heavy (non-hydrogen) atoms. The number of piperazine rings is 1. The predicted molar refractivity (Wildman–Crippen MR) is 144 cm³/mol. The number of carbonyl (C=O) groups excluding carboxylic acids is 1. The number of aliphatic imine (C=N–C) groups is 1. The van der Waals surface area contributed by atoms with Gasteiger partial charge in [-0.15, -0.1) is 24.0 Å². The van der Waals surface area contributed by atoms with Crippen LogP contribution in [0.5, 0.6) is 0 Å². The van der Waals surface area contributed by atoms with Gasteiger partial charge in [0, 0.05) is 52.4 Å². The van der Waals surface area contributed by atoms with E-state index in [1.807, 2.05) is 4.90 Å². The van der Waals surface area contributed by atoms with Crippen LogP contribution in [0.2, 0.25) is 0 Å². The number of halogens is 1. The maximum atomic E-state index is 12.7. The van der Waals surface area contributed by atoms with E-state index in [0.29, 0.717) is 5.91 Å². The third-order valence-corrected chi connectivity index (χ3v) is 7.11. The highest BCUT2D eigenvalue weighted by molar-refractivity contribution is 14.0. The van der Waals surface area contributed by atoms with Crippen LogP contribution in [-0.4, -0.2) is 110 Å². The Hall–Kier alpha value is -0.610. The lowest BCUT2D eigenvalue weighted by Crippen LogP contribution is -2.57. The van der Waals surface area contributed by atoms with Crippen LogP contribution in [0, 0.1) is 0 Å². The molecule has 1 amide bonds. The number of guanidine groups is 1. The summed E-state index contributed by atoms with van der Waals surface area (Å²) in [7, 11) is 0. The molecule has 1 N–H and O–H groups in total. The van der Waals surface area contributed by atoms with Crippen molar-refractivity contribution < 1.29 is 4.79 Å². The zero-order chi connectivity index (χ0) is 21.9. The van der Waals surface area contributed by atoms with Crippen molar-refractivity contribution in [2.24, 2.45) is 4.99 Å². The monoisotopic (exact) mass is 562 g/mol. The molecular weight excluding hydrogens is 515 g/mol. The van der Waals surface area contributed by atoms with Gasteiger partial charge in [0.25, 0.3) is 0 Å². The first-order valence-corrected chi connectivity index (χ1v) is 13.0. The van der Waals surface area contributed by atoms with Gasteiger partial charge in [-0.05, 0) is 72.0 Å². The summed E-state index contributed by atoms with van der Waals surface area (Å²) in [6.45, 7) is 15.5. The van der Waals surface area contributed by atoms with Gasteiger partial charge in [-0.25, -0.2) is 0 Å². The lowest BCUT2D eigenvalue weighted by molar-refractivity contribution is -0.135. The lowest BCUT2D eigenvalue weighted by atomic mass is 10.1. The van der Waals surface area contributed by atoms with Crippen LogP contribution in [0.1, 0.15) is 65.2 Å². The maximum absolute atomic E-state index is 12.7. The van der Waals surface area contributed by atoms with E-state index in [1.54, 1.807) is 0 Å². The summed E-state index contributed by atoms with van der Waals surface area (Å²) in [6, 6.07) is -0.000299. The Morgan fingerprint density at radius 2 is 1.50 bits per heavy atom. The first-order chi connectivity index (χ1) is 15.2. The number of likely N-dealkylation sites (tertiary alicyclic amines) is 2. The molecule has 0 bridgehead atoms. The molecule has 0 radical (unpaired) electrons. The van der Waals surface area contributed by atoms with Gasteiger partial charge in [-0.3, -0.25) is 14.7 Å². The Morgan fingerprint density at radius 1 is 0.844 bits per heavy atom. The molecule has 0 saturated carbocycles. The summed E-state index contributed by atoms with van der Waals surface area (Å²) in [4.78, 5) is 27.0. The summed E-state index contributed by atoms with van der Waals surface area (Å²) in [6.07, 6.45) is 10.2. The zero-order valence-corrected chi connectivity index (χ0v) is 22.9. The highest BCUT2D eigenvalue weighted by atomic mass is 127. The zero-order valence-electron chi connectivity index (χ0n) is 20.6. The molecule has 3 heterocycles. The molecule has 3 aliphatic heterocycles. The minimum atomic E-state index is -0.000299. The number of unbranched alkanes of at least 4 members (excludes halogenated alkanes) is 2. The summed E-state index contributed by atoms with van der Waals surface area (Å²) >= 11 is 0. The van der Waals surface area contributed by atoms with Crippen molar-refractivity contribution >= 4 is 35.8 Å². The number of nitrogens with one attached hydrogen (secondary N) is 1. The van der Waals surface area contributed by atoms with Gasteiger partial charge in [0.2, 0.25) is 5.91 Å². The molecule has 0 aromatic carbocycles. The number of hydrogen-bond donors (Lipinski definition) is 1. The van der Waals surface area contributed by atoms with Gasteiger partial charge in [0.15, 0.2) is 5.96 Å². The van der Waals surface area contributed by atoms with Crippen LogP contribution in [0.15, 0.2) is 4.99 Å². The molecular formula is C24H47IN6O. The first-order valence-electron chi connectivity index (χ1n) is 13.0. The first kappa shape index (κ1) is 27.6. The Bertz CT molecular complexity index is 555. The van der Waals surface area contributed by atoms with Crippen LogP contribution in [0.4, 0.5) is 0 Å². The van der Waals surface area contributed by atoms with E-state index in [-0.39, 0.29) is 30.0 Å². The number of rotatable bonds is 9. The van der Waals surface area contributed by atoms with Crippen molar-refractivity contribution in [3.8, 4) is 0 Å². The second kappa shape index (κ2) is 15.3. The topological polar surface area (TPSA) is 54.4 Å². The van der Waals surface area contributed by atoms with Gasteiger partial charge in [-0.2, -0.15) is 0 Å².